The van der Waals surface area contributed by atoms with Gasteiger partial charge in [0.2, 0.25) is 5.82 Å². The molecule has 0 radical (unpaired) electrons. The minimum Gasteiger partial charge on any atom is -0.378 e. The van der Waals surface area contributed by atoms with Gasteiger partial charge in [0.25, 0.3) is 0 Å². The third-order valence-electron chi connectivity index (χ3n) is 4.26. The van der Waals surface area contributed by atoms with E-state index in [2.05, 4.69) is 24.1 Å². The van der Waals surface area contributed by atoms with Gasteiger partial charge < -0.3 is 10.1 Å². The molecule has 6 nitrogen and oxygen atoms in total. The number of aromatic nitrogens is 1. The van der Waals surface area contributed by atoms with Gasteiger partial charge in [0.1, 0.15) is 0 Å². The molecular weight excluding hydrogens is 306 g/mol. The molecule has 7 heteroatoms. The van der Waals surface area contributed by atoms with Crippen LogP contribution in [0.3, 0.4) is 0 Å². The second kappa shape index (κ2) is 7.74. The molecule has 22 heavy (non-hydrogen) atoms. The summed E-state index contributed by atoms with van der Waals surface area (Å²) in [6, 6.07) is 1.46. The molecule has 0 spiro atoms. The molecule has 0 aliphatic carbocycles. The third kappa shape index (κ3) is 4.08. The average molecular weight is 328 g/mol. The van der Waals surface area contributed by atoms with Crippen molar-refractivity contribution in [2.75, 3.05) is 11.9 Å². The topological polar surface area (TPSA) is 77.3 Å². The minimum atomic E-state index is -0.459. The predicted octanol–water partition coefficient (Wildman–Crippen LogP) is 4.04. The fraction of sp³-hybridized carbons (Fsp3) is 0.667. The van der Waals surface area contributed by atoms with E-state index in [0.717, 1.165) is 25.7 Å². The van der Waals surface area contributed by atoms with Crippen LogP contribution in [0.2, 0.25) is 5.02 Å². The summed E-state index contributed by atoms with van der Waals surface area (Å²) in [6.45, 7) is 5.00. The molecule has 2 heterocycles. The van der Waals surface area contributed by atoms with Crippen LogP contribution in [0.5, 0.6) is 0 Å². The number of ether oxygens (including phenoxy) is 1. The Bertz CT molecular complexity index is 523. The Kier molecular flexibility index (Phi) is 5.97. The molecule has 122 valence electrons. The third-order valence-corrected chi connectivity index (χ3v) is 4.47. The molecule has 2 rings (SSSR count). The van der Waals surface area contributed by atoms with Crippen molar-refractivity contribution in [3.63, 3.8) is 0 Å². The van der Waals surface area contributed by atoms with Gasteiger partial charge in [0.15, 0.2) is 0 Å². The van der Waals surface area contributed by atoms with E-state index >= 15 is 0 Å². The average Bonchev–Trinajstić information content (AvgIpc) is 2.50. The Hall–Kier alpha value is -1.40. The van der Waals surface area contributed by atoms with Crippen molar-refractivity contribution >= 4 is 23.1 Å². The molecule has 0 aromatic carbocycles. The van der Waals surface area contributed by atoms with Gasteiger partial charge in [-0.05, 0) is 18.8 Å². The molecule has 0 bridgehead atoms. The zero-order valence-corrected chi connectivity index (χ0v) is 13.7. The number of halogens is 1. The molecule has 0 amide bonds. The van der Waals surface area contributed by atoms with Crippen LogP contribution >= 0.6 is 11.6 Å². The number of nitro groups is 1. The molecule has 1 aromatic rings. The van der Waals surface area contributed by atoms with Crippen LogP contribution < -0.4 is 5.32 Å². The zero-order chi connectivity index (χ0) is 16.1. The largest absolute Gasteiger partial charge is 0.378 e. The van der Waals surface area contributed by atoms with Crippen LogP contribution in [0.1, 0.15) is 39.5 Å². The monoisotopic (exact) mass is 327 g/mol. The maximum Gasteiger partial charge on any atom is 0.312 e. The highest BCUT2D eigenvalue weighted by Crippen LogP contribution is 2.30. The lowest BCUT2D eigenvalue weighted by atomic mass is 9.89. The number of rotatable bonds is 6. The second-order valence-electron chi connectivity index (χ2n) is 5.63. The lowest BCUT2D eigenvalue weighted by molar-refractivity contribution is -0.384. The fourth-order valence-electron chi connectivity index (χ4n) is 2.97. The SMILES string of the molecule is CCC(CC)C1CC(Nc2ncc(Cl)cc2[N+](=O)[O-])CCO1. The lowest BCUT2D eigenvalue weighted by Crippen LogP contribution is -2.38. The van der Waals surface area contributed by atoms with Crippen LogP contribution in [0.25, 0.3) is 0 Å². The molecule has 1 aliphatic rings. The van der Waals surface area contributed by atoms with Gasteiger partial charge in [0.05, 0.1) is 16.0 Å². The van der Waals surface area contributed by atoms with Crippen molar-refractivity contribution in [1.29, 1.82) is 0 Å². The van der Waals surface area contributed by atoms with Crippen molar-refractivity contribution in [1.82, 2.24) is 4.98 Å². The first-order valence-corrected chi connectivity index (χ1v) is 8.11. The van der Waals surface area contributed by atoms with E-state index in [1.807, 2.05) is 0 Å². The number of hydrogen-bond donors (Lipinski definition) is 1. The van der Waals surface area contributed by atoms with E-state index in [-0.39, 0.29) is 28.7 Å². The first-order valence-electron chi connectivity index (χ1n) is 7.73. The van der Waals surface area contributed by atoms with Crippen molar-refractivity contribution in [2.45, 2.75) is 51.7 Å². The van der Waals surface area contributed by atoms with Crippen molar-refractivity contribution < 1.29 is 9.66 Å². The van der Waals surface area contributed by atoms with Gasteiger partial charge >= 0.3 is 5.69 Å². The molecule has 2 unspecified atom stereocenters. The second-order valence-corrected chi connectivity index (χ2v) is 6.07. The molecule has 1 aliphatic heterocycles. The summed E-state index contributed by atoms with van der Waals surface area (Å²) in [6.07, 6.45) is 5.44. The Morgan fingerprint density at radius 3 is 2.91 bits per heavy atom. The molecule has 1 aromatic heterocycles. The Morgan fingerprint density at radius 2 is 2.27 bits per heavy atom. The van der Waals surface area contributed by atoms with Crippen LogP contribution in [-0.4, -0.2) is 28.7 Å². The van der Waals surface area contributed by atoms with Gasteiger partial charge in [-0.1, -0.05) is 38.3 Å². The Balaban J connectivity index is 2.09. The highest BCUT2D eigenvalue weighted by Gasteiger charge is 2.29. The van der Waals surface area contributed by atoms with Crippen molar-refractivity contribution in [3.05, 3.63) is 27.4 Å². The summed E-state index contributed by atoms with van der Waals surface area (Å²) in [5.74, 6) is 0.808. The first kappa shape index (κ1) is 17.0. The molecule has 1 fully saturated rings. The normalized spacial score (nSPS) is 21.8. The molecule has 1 saturated heterocycles. The van der Waals surface area contributed by atoms with E-state index in [9.17, 15) is 10.1 Å². The maximum absolute atomic E-state index is 11.1. The summed E-state index contributed by atoms with van der Waals surface area (Å²) in [4.78, 5) is 14.7. The molecule has 0 saturated carbocycles. The highest BCUT2D eigenvalue weighted by molar-refractivity contribution is 6.30. The van der Waals surface area contributed by atoms with Gasteiger partial charge in [-0.15, -0.1) is 0 Å². The van der Waals surface area contributed by atoms with Gasteiger partial charge in [0, 0.05) is 24.9 Å². The fourth-order valence-corrected chi connectivity index (χ4v) is 3.13. The van der Waals surface area contributed by atoms with Gasteiger partial charge in [-0.25, -0.2) is 4.98 Å². The Morgan fingerprint density at radius 1 is 1.55 bits per heavy atom. The first-order chi connectivity index (χ1) is 10.5. The van der Waals surface area contributed by atoms with Gasteiger partial charge in [-0.2, -0.15) is 0 Å². The quantitative estimate of drug-likeness (QED) is 0.630. The van der Waals surface area contributed by atoms with Crippen molar-refractivity contribution in [3.8, 4) is 0 Å². The zero-order valence-electron chi connectivity index (χ0n) is 12.9. The van der Waals surface area contributed by atoms with Crippen LogP contribution in [-0.2, 0) is 4.74 Å². The van der Waals surface area contributed by atoms with Gasteiger partial charge in [-0.3, -0.25) is 10.1 Å². The minimum absolute atomic E-state index is 0.0851. The van der Waals surface area contributed by atoms with Crippen LogP contribution in [0.15, 0.2) is 12.3 Å². The maximum atomic E-state index is 11.1. The van der Waals surface area contributed by atoms with Crippen LogP contribution in [0.4, 0.5) is 11.5 Å². The summed E-state index contributed by atoms with van der Waals surface area (Å²) in [5.41, 5.74) is -0.0851. The van der Waals surface area contributed by atoms with E-state index < -0.39 is 4.92 Å². The smallest absolute Gasteiger partial charge is 0.312 e. The molecule has 1 N–H and O–H groups in total. The van der Waals surface area contributed by atoms with E-state index in [1.54, 1.807) is 0 Å². The summed E-state index contributed by atoms with van der Waals surface area (Å²) < 4.78 is 5.87. The predicted molar refractivity (Wildman–Crippen MR) is 86.4 cm³/mol. The summed E-state index contributed by atoms with van der Waals surface area (Å²) in [7, 11) is 0. The van der Waals surface area contributed by atoms with E-state index in [4.69, 9.17) is 16.3 Å². The standard InChI is InChI=1S/C15H22ClN3O3/c1-3-10(4-2)14-8-12(5-6-22-14)18-15-13(19(20)21)7-11(16)9-17-15/h7,9-10,12,14H,3-6,8H2,1-2H3,(H,17,18). The van der Waals surface area contributed by atoms with Crippen molar-refractivity contribution in [2.24, 2.45) is 5.92 Å². The number of hydrogen-bond acceptors (Lipinski definition) is 5. The van der Waals surface area contributed by atoms with E-state index in [1.165, 1.54) is 12.3 Å². The number of nitrogens with one attached hydrogen (secondary N) is 1. The number of nitrogens with zero attached hydrogens (tertiary/aromatic N) is 2. The highest BCUT2D eigenvalue weighted by atomic mass is 35.5. The molecular formula is C15H22ClN3O3. The summed E-state index contributed by atoms with van der Waals surface area (Å²) in [5, 5.41) is 14.6. The molecule has 2 atom stereocenters. The number of anilines is 1. The summed E-state index contributed by atoms with van der Waals surface area (Å²) >= 11 is 5.79. The number of pyridine rings is 1. The van der Waals surface area contributed by atoms with E-state index in [0.29, 0.717) is 12.5 Å². The lowest BCUT2D eigenvalue weighted by Gasteiger charge is -2.34. The Labute approximate surface area is 135 Å². The van der Waals surface area contributed by atoms with Crippen LogP contribution in [0, 0.1) is 16.0 Å².